The molecule has 20 heavy (non-hydrogen) atoms. The van der Waals surface area contributed by atoms with Crippen molar-refractivity contribution in [1.82, 2.24) is 15.3 Å². The van der Waals surface area contributed by atoms with E-state index in [-0.39, 0.29) is 0 Å². The van der Waals surface area contributed by atoms with Gasteiger partial charge in [0.2, 0.25) is 0 Å². The third-order valence-corrected chi connectivity index (χ3v) is 5.30. The van der Waals surface area contributed by atoms with Crippen molar-refractivity contribution in [3.8, 4) is 0 Å². The van der Waals surface area contributed by atoms with E-state index >= 15 is 0 Å². The molecule has 0 aliphatic rings. The molecule has 0 saturated heterocycles. The Morgan fingerprint density at radius 3 is 2.65 bits per heavy atom. The molecule has 0 saturated carbocycles. The first kappa shape index (κ1) is 13.7. The molecule has 0 fully saturated rings. The molecule has 104 valence electrons. The second kappa shape index (κ2) is 5.99. The fourth-order valence-corrected chi connectivity index (χ4v) is 4.10. The first-order valence-corrected chi connectivity index (χ1v) is 8.37. The number of likely N-dealkylation sites (N-methyl/N-ethyl adjacent to an activating group) is 1. The molecule has 0 aliphatic heterocycles. The lowest BCUT2D eigenvalue weighted by molar-refractivity contribution is 0.554. The third kappa shape index (κ3) is 3.06. The molecule has 3 rings (SSSR count). The summed E-state index contributed by atoms with van der Waals surface area (Å²) in [7, 11) is 2.01. The van der Waals surface area contributed by atoms with Gasteiger partial charge < -0.3 is 5.32 Å². The minimum absolute atomic E-state index is 0.390. The minimum Gasteiger partial charge on any atom is -0.316 e. The van der Waals surface area contributed by atoms with Gasteiger partial charge >= 0.3 is 0 Å². The van der Waals surface area contributed by atoms with Crippen molar-refractivity contribution in [2.75, 3.05) is 7.05 Å². The average Bonchev–Trinajstić information content (AvgIpc) is 3.03. The van der Waals surface area contributed by atoms with E-state index in [0.717, 1.165) is 24.1 Å². The molecule has 0 bridgehead atoms. The van der Waals surface area contributed by atoms with Gasteiger partial charge in [0.15, 0.2) is 0 Å². The molecule has 2 heterocycles. The fraction of sp³-hybridized carbons (Fsp3) is 0.333. The van der Waals surface area contributed by atoms with Crippen LogP contribution in [0.3, 0.4) is 0 Å². The Bertz CT molecular complexity index is 669. The molecular weight excluding hydrogens is 286 g/mol. The summed E-state index contributed by atoms with van der Waals surface area (Å²) in [4.78, 5) is 9.25. The van der Waals surface area contributed by atoms with Gasteiger partial charge in [-0.2, -0.15) is 0 Å². The second-order valence-electron chi connectivity index (χ2n) is 4.85. The van der Waals surface area contributed by atoms with Gasteiger partial charge in [0.25, 0.3) is 0 Å². The average molecular weight is 303 g/mol. The summed E-state index contributed by atoms with van der Waals surface area (Å²) < 4.78 is 1.27. The Kier molecular flexibility index (Phi) is 4.10. The lowest BCUT2D eigenvalue weighted by Gasteiger charge is -2.12. The van der Waals surface area contributed by atoms with E-state index in [1.165, 1.54) is 14.7 Å². The number of aryl methyl sites for hydroxylation is 1. The van der Waals surface area contributed by atoms with Crippen LogP contribution in [0.4, 0.5) is 0 Å². The Morgan fingerprint density at radius 1 is 1.15 bits per heavy atom. The van der Waals surface area contributed by atoms with Gasteiger partial charge in [-0.05, 0) is 26.1 Å². The molecule has 1 aromatic carbocycles. The first-order chi connectivity index (χ1) is 9.74. The summed E-state index contributed by atoms with van der Waals surface area (Å²) in [5.41, 5.74) is 2.22. The molecule has 0 radical (unpaired) electrons. The molecule has 5 heteroatoms. The maximum Gasteiger partial charge on any atom is 0.0954 e. The predicted molar refractivity (Wildman–Crippen MR) is 86.7 cm³/mol. The van der Waals surface area contributed by atoms with E-state index in [2.05, 4.69) is 33.9 Å². The van der Waals surface area contributed by atoms with Crippen LogP contribution in [0.2, 0.25) is 0 Å². The molecule has 3 nitrogen and oxygen atoms in total. The van der Waals surface area contributed by atoms with E-state index in [0.29, 0.717) is 6.04 Å². The standard InChI is InChI=1S/C15H17N3S2/c1-10-9-19-14(17-10)7-11(16-2)8-15-18-12-5-3-4-6-13(12)20-15/h3-6,9,11,16H,7-8H2,1-2H3. The zero-order valence-corrected chi connectivity index (χ0v) is 13.2. The van der Waals surface area contributed by atoms with E-state index in [4.69, 9.17) is 4.98 Å². The Morgan fingerprint density at radius 2 is 1.95 bits per heavy atom. The van der Waals surface area contributed by atoms with Gasteiger partial charge in [-0.15, -0.1) is 22.7 Å². The van der Waals surface area contributed by atoms with Crippen LogP contribution in [0, 0.1) is 6.92 Å². The molecule has 0 amide bonds. The molecule has 1 N–H and O–H groups in total. The first-order valence-electron chi connectivity index (χ1n) is 6.67. The fourth-order valence-electron chi connectivity index (χ4n) is 2.20. The number of thiazole rings is 2. The van der Waals surface area contributed by atoms with Gasteiger partial charge in [0.1, 0.15) is 0 Å². The number of benzene rings is 1. The molecule has 1 atom stereocenters. The van der Waals surface area contributed by atoms with Crippen LogP contribution in [-0.4, -0.2) is 23.1 Å². The number of fused-ring (bicyclic) bond motifs is 1. The van der Waals surface area contributed by atoms with Crippen LogP contribution >= 0.6 is 22.7 Å². The number of rotatable bonds is 5. The maximum absolute atomic E-state index is 4.71. The number of para-hydroxylation sites is 1. The number of hydrogen-bond donors (Lipinski definition) is 1. The highest BCUT2D eigenvalue weighted by Crippen LogP contribution is 2.23. The van der Waals surface area contributed by atoms with Gasteiger partial charge in [-0.3, -0.25) is 0 Å². The summed E-state index contributed by atoms with van der Waals surface area (Å²) >= 11 is 3.53. The maximum atomic E-state index is 4.71. The Hall–Kier alpha value is -1.30. The lowest BCUT2D eigenvalue weighted by Crippen LogP contribution is -2.29. The highest BCUT2D eigenvalue weighted by atomic mass is 32.1. The zero-order valence-electron chi connectivity index (χ0n) is 11.6. The van der Waals surface area contributed by atoms with E-state index < -0.39 is 0 Å². The van der Waals surface area contributed by atoms with Gasteiger partial charge in [0.05, 0.1) is 20.2 Å². The molecule has 0 aliphatic carbocycles. The molecular formula is C15H17N3S2. The smallest absolute Gasteiger partial charge is 0.0954 e. The highest BCUT2D eigenvalue weighted by Gasteiger charge is 2.13. The summed E-state index contributed by atoms with van der Waals surface area (Å²) in [5, 5.41) is 7.89. The molecule has 3 aromatic rings. The zero-order chi connectivity index (χ0) is 13.9. The van der Waals surface area contributed by atoms with Gasteiger partial charge in [0, 0.05) is 30.0 Å². The van der Waals surface area contributed by atoms with Gasteiger partial charge in [-0.1, -0.05) is 12.1 Å². The monoisotopic (exact) mass is 303 g/mol. The van der Waals surface area contributed by atoms with Crippen molar-refractivity contribution < 1.29 is 0 Å². The summed E-state index contributed by atoms with van der Waals surface area (Å²) in [6.45, 7) is 2.04. The van der Waals surface area contributed by atoms with Crippen LogP contribution in [0.15, 0.2) is 29.6 Å². The summed E-state index contributed by atoms with van der Waals surface area (Å²) in [6, 6.07) is 8.71. The number of nitrogens with one attached hydrogen (secondary N) is 1. The third-order valence-electron chi connectivity index (χ3n) is 3.26. The van der Waals surface area contributed by atoms with Crippen LogP contribution in [0.5, 0.6) is 0 Å². The van der Waals surface area contributed by atoms with Gasteiger partial charge in [-0.25, -0.2) is 9.97 Å². The topological polar surface area (TPSA) is 37.8 Å². The van der Waals surface area contributed by atoms with Crippen molar-refractivity contribution in [1.29, 1.82) is 0 Å². The van der Waals surface area contributed by atoms with E-state index in [1.807, 2.05) is 20.0 Å². The normalized spacial score (nSPS) is 12.9. The largest absolute Gasteiger partial charge is 0.316 e. The number of aromatic nitrogens is 2. The summed E-state index contributed by atoms with van der Waals surface area (Å²) in [5.74, 6) is 0. The van der Waals surface area contributed by atoms with Crippen LogP contribution in [-0.2, 0) is 12.8 Å². The van der Waals surface area contributed by atoms with Crippen molar-refractivity contribution in [3.63, 3.8) is 0 Å². The van der Waals surface area contributed by atoms with Crippen LogP contribution in [0.25, 0.3) is 10.2 Å². The van der Waals surface area contributed by atoms with Crippen molar-refractivity contribution in [2.24, 2.45) is 0 Å². The predicted octanol–water partition coefficient (Wildman–Crippen LogP) is 3.43. The SMILES string of the molecule is CNC(Cc1nc(C)cs1)Cc1nc2ccccc2s1. The van der Waals surface area contributed by atoms with Crippen LogP contribution in [0.1, 0.15) is 15.7 Å². The summed E-state index contributed by atoms with van der Waals surface area (Å²) in [6.07, 6.45) is 1.92. The molecule has 0 spiro atoms. The van der Waals surface area contributed by atoms with Crippen LogP contribution < -0.4 is 5.32 Å². The molecule has 2 aromatic heterocycles. The highest BCUT2D eigenvalue weighted by molar-refractivity contribution is 7.18. The van der Waals surface area contributed by atoms with E-state index in [9.17, 15) is 0 Å². The Balaban J connectivity index is 1.73. The Labute approximate surface area is 126 Å². The minimum atomic E-state index is 0.390. The van der Waals surface area contributed by atoms with Crippen molar-refractivity contribution in [2.45, 2.75) is 25.8 Å². The lowest BCUT2D eigenvalue weighted by atomic mass is 10.1. The number of hydrogen-bond acceptors (Lipinski definition) is 5. The van der Waals surface area contributed by atoms with Crippen molar-refractivity contribution >= 4 is 32.9 Å². The molecule has 1 unspecified atom stereocenters. The second-order valence-corrected chi connectivity index (χ2v) is 6.91. The van der Waals surface area contributed by atoms with Crippen molar-refractivity contribution in [3.05, 3.63) is 45.4 Å². The van der Waals surface area contributed by atoms with E-state index in [1.54, 1.807) is 22.7 Å². The quantitative estimate of drug-likeness (QED) is 0.784. The number of nitrogens with zero attached hydrogens (tertiary/aromatic N) is 2.